The van der Waals surface area contributed by atoms with Crippen LogP contribution >= 0.6 is 0 Å². The summed E-state index contributed by atoms with van der Waals surface area (Å²) in [5.74, 6) is 4.69. The topological polar surface area (TPSA) is 47.9 Å². The fourth-order valence-corrected chi connectivity index (χ4v) is 4.42. The van der Waals surface area contributed by atoms with Gasteiger partial charge < -0.3 is 19.3 Å². The van der Waals surface area contributed by atoms with Gasteiger partial charge in [-0.15, -0.1) is 11.5 Å². The Morgan fingerprint density at radius 3 is 1.68 bits per heavy atom. The minimum absolute atomic E-state index is 0.132. The molecule has 0 saturated heterocycles. The summed E-state index contributed by atoms with van der Waals surface area (Å²) < 4.78 is 17.5. The number of rotatable bonds is 9. The molecule has 0 spiro atoms. The quantitative estimate of drug-likeness (QED) is 0.248. The van der Waals surface area contributed by atoms with E-state index in [2.05, 4.69) is 31.1 Å². The number of aliphatic hydroxyl groups is 1. The zero-order chi connectivity index (χ0) is 24.6. The molecule has 1 N–H and O–H groups in total. The molecule has 34 heavy (non-hydrogen) atoms. The summed E-state index contributed by atoms with van der Waals surface area (Å²) in [6, 6.07) is 25.8. The van der Waals surface area contributed by atoms with Crippen molar-refractivity contribution in [2.24, 2.45) is 0 Å². The minimum atomic E-state index is -1.50. The summed E-state index contributed by atoms with van der Waals surface area (Å²) in [7, 11) is 1.80. The van der Waals surface area contributed by atoms with Crippen molar-refractivity contribution in [1.29, 1.82) is 0 Å². The second-order valence-electron chi connectivity index (χ2n) is 9.22. The monoisotopic (exact) mass is 474 g/mol. The maximum atomic E-state index is 10.8. The molecule has 5 heteroatoms. The van der Waals surface area contributed by atoms with Crippen LogP contribution in [0.15, 0.2) is 78.9 Å². The Kier molecular flexibility index (Phi) is 8.57. The molecule has 3 aromatic carbocycles. The molecule has 1 atom stereocenters. The summed E-state index contributed by atoms with van der Waals surface area (Å²) in [6.45, 7) is 6.71. The van der Waals surface area contributed by atoms with Gasteiger partial charge in [0.1, 0.15) is 25.2 Å². The summed E-state index contributed by atoms with van der Waals surface area (Å²) in [6.07, 6.45) is -0.330. The van der Waals surface area contributed by atoms with Gasteiger partial charge in [0, 0.05) is 6.42 Å². The average Bonchev–Trinajstić information content (AvgIpc) is 2.85. The van der Waals surface area contributed by atoms with Gasteiger partial charge in [-0.2, -0.15) is 0 Å². The summed E-state index contributed by atoms with van der Waals surface area (Å²) in [5, 5.41) is 10.8. The number of ether oxygens (including phenoxy) is 3. The first-order valence-electron chi connectivity index (χ1n) is 11.4. The maximum Gasteiger partial charge on any atom is 0.143 e. The highest BCUT2D eigenvalue weighted by Gasteiger charge is 2.38. The summed E-state index contributed by atoms with van der Waals surface area (Å²) in [4.78, 5) is 0. The molecule has 4 nitrogen and oxygen atoms in total. The third-order valence-electron chi connectivity index (χ3n) is 5.47. The van der Waals surface area contributed by atoms with E-state index < -0.39 is 19.8 Å². The molecule has 0 unspecified atom stereocenters. The molecule has 0 saturated carbocycles. The van der Waals surface area contributed by atoms with Gasteiger partial charge in [0.25, 0.3) is 0 Å². The average molecular weight is 475 g/mol. The number of hydrogen-bond donors (Lipinski definition) is 1. The van der Waals surface area contributed by atoms with Crippen molar-refractivity contribution < 1.29 is 19.3 Å². The molecule has 0 bridgehead atoms. The Labute approximate surface area is 204 Å². The molecule has 0 aromatic heterocycles. The third-order valence-corrected chi connectivity index (χ3v) is 6.39. The van der Waals surface area contributed by atoms with Crippen LogP contribution in [0.1, 0.15) is 23.1 Å². The first kappa shape index (κ1) is 25.6. The first-order valence-corrected chi connectivity index (χ1v) is 14.9. The molecule has 0 amide bonds. The molecule has 0 aliphatic carbocycles. The van der Waals surface area contributed by atoms with E-state index in [0.717, 1.165) is 28.2 Å². The van der Waals surface area contributed by atoms with E-state index in [-0.39, 0.29) is 6.61 Å². The molecule has 0 fully saturated rings. The second-order valence-corrected chi connectivity index (χ2v) is 14.0. The van der Waals surface area contributed by atoms with Crippen LogP contribution in [0, 0.1) is 11.5 Å². The molecular weight excluding hydrogens is 440 g/mol. The van der Waals surface area contributed by atoms with E-state index in [4.69, 9.17) is 14.2 Å². The Balaban J connectivity index is 2.07. The number of aliphatic hydroxyl groups excluding tert-OH is 1. The van der Waals surface area contributed by atoms with Gasteiger partial charge in [-0.3, -0.25) is 0 Å². The Bertz CT molecular complexity index is 1040. The lowest BCUT2D eigenvalue weighted by atomic mass is 9.80. The molecule has 0 heterocycles. The first-order chi connectivity index (χ1) is 16.3. The smallest absolute Gasteiger partial charge is 0.143 e. The number of hydrogen-bond acceptors (Lipinski definition) is 4. The van der Waals surface area contributed by atoms with Crippen LogP contribution < -0.4 is 9.47 Å². The van der Waals surface area contributed by atoms with Crippen molar-refractivity contribution in [2.75, 3.05) is 20.8 Å². The minimum Gasteiger partial charge on any atom is -0.497 e. The van der Waals surface area contributed by atoms with E-state index in [0.29, 0.717) is 6.42 Å². The predicted molar refractivity (Wildman–Crippen MR) is 140 cm³/mol. The lowest BCUT2D eigenvalue weighted by molar-refractivity contribution is -0.0363. The van der Waals surface area contributed by atoms with Gasteiger partial charge in [-0.25, -0.2) is 0 Å². The molecular formula is C29H34O4Si. The normalized spacial score (nSPS) is 12.4. The van der Waals surface area contributed by atoms with E-state index in [9.17, 15) is 5.11 Å². The molecule has 3 aromatic rings. The van der Waals surface area contributed by atoms with Crippen molar-refractivity contribution >= 4 is 8.07 Å². The van der Waals surface area contributed by atoms with Gasteiger partial charge in [-0.1, -0.05) is 74.2 Å². The van der Waals surface area contributed by atoms with Crippen LogP contribution in [0.3, 0.4) is 0 Å². The zero-order valence-electron chi connectivity index (χ0n) is 20.7. The van der Waals surface area contributed by atoms with Gasteiger partial charge in [0.05, 0.1) is 26.9 Å². The summed E-state index contributed by atoms with van der Waals surface area (Å²) in [5.41, 5.74) is 5.21. The molecule has 0 aliphatic heterocycles. The highest BCUT2D eigenvalue weighted by molar-refractivity contribution is 6.83. The van der Waals surface area contributed by atoms with Crippen molar-refractivity contribution in [3.63, 3.8) is 0 Å². The van der Waals surface area contributed by atoms with Crippen LogP contribution in [0.4, 0.5) is 0 Å². The maximum absolute atomic E-state index is 10.8. The SMILES string of the molecule is COc1ccc(C(OC[C@@H](O)CC#C[Si](C)(C)C)(c2ccccc2)c2ccc(OC)cc2)cc1. The Morgan fingerprint density at radius 1 is 0.765 bits per heavy atom. The molecule has 178 valence electrons. The van der Waals surface area contributed by atoms with Crippen molar-refractivity contribution in [1.82, 2.24) is 0 Å². The highest BCUT2D eigenvalue weighted by Crippen LogP contribution is 2.41. The standard InChI is InChI=1S/C29H34O4Si/c1-31-27-17-13-24(14-18-27)29(23-10-7-6-8-11-23,25-15-19-28(32-2)20-16-25)33-22-26(30)12-9-21-34(3,4)5/h6-8,10-11,13-20,26,30H,12,22H2,1-5H3/t26-/m0/s1. The molecule has 0 aliphatic rings. The Morgan fingerprint density at radius 2 is 1.24 bits per heavy atom. The summed E-state index contributed by atoms with van der Waals surface area (Å²) >= 11 is 0. The highest BCUT2D eigenvalue weighted by atomic mass is 28.3. The molecule has 3 rings (SSSR count). The van der Waals surface area contributed by atoms with Crippen LogP contribution in [0.5, 0.6) is 11.5 Å². The number of methoxy groups -OCH3 is 2. The Hall–Kier alpha value is -3.04. The third kappa shape index (κ3) is 6.30. The fourth-order valence-electron chi connectivity index (χ4n) is 3.79. The molecule has 0 radical (unpaired) electrons. The fraction of sp³-hybridized carbons (Fsp3) is 0.310. The van der Waals surface area contributed by atoms with Crippen LogP contribution in [-0.2, 0) is 10.3 Å². The van der Waals surface area contributed by atoms with E-state index in [1.807, 2.05) is 78.9 Å². The lowest BCUT2D eigenvalue weighted by Gasteiger charge is -2.36. The largest absolute Gasteiger partial charge is 0.497 e. The second kappa shape index (κ2) is 11.4. The number of benzene rings is 3. The predicted octanol–water partition coefficient (Wildman–Crippen LogP) is 5.64. The van der Waals surface area contributed by atoms with E-state index in [1.165, 1.54) is 0 Å². The van der Waals surface area contributed by atoms with Crippen LogP contribution in [0.25, 0.3) is 0 Å². The van der Waals surface area contributed by atoms with Crippen molar-refractivity contribution in [3.8, 4) is 23.0 Å². The van der Waals surface area contributed by atoms with E-state index >= 15 is 0 Å². The lowest BCUT2D eigenvalue weighted by Crippen LogP contribution is -2.35. The zero-order valence-corrected chi connectivity index (χ0v) is 21.7. The van der Waals surface area contributed by atoms with E-state index in [1.54, 1.807) is 14.2 Å². The van der Waals surface area contributed by atoms with Crippen molar-refractivity contribution in [3.05, 3.63) is 95.6 Å². The van der Waals surface area contributed by atoms with Crippen LogP contribution in [-0.4, -0.2) is 40.1 Å². The van der Waals surface area contributed by atoms with Crippen LogP contribution in [0.2, 0.25) is 19.6 Å². The van der Waals surface area contributed by atoms with Gasteiger partial charge in [-0.05, 0) is 41.0 Å². The van der Waals surface area contributed by atoms with Crippen molar-refractivity contribution in [2.45, 2.75) is 37.8 Å². The van der Waals surface area contributed by atoms with Gasteiger partial charge >= 0.3 is 0 Å². The van der Waals surface area contributed by atoms with Gasteiger partial charge in [0.2, 0.25) is 0 Å². The van der Waals surface area contributed by atoms with Gasteiger partial charge in [0.15, 0.2) is 0 Å².